The van der Waals surface area contributed by atoms with E-state index >= 15 is 0 Å². The predicted molar refractivity (Wildman–Crippen MR) is 104 cm³/mol. The summed E-state index contributed by atoms with van der Waals surface area (Å²) in [6, 6.07) is 11.0. The summed E-state index contributed by atoms with van der Waals surface area (Å²) in [5.41, 5.74) is 3.74. The standard InChI is InChI=1S/C21H22F2N4O/c1-13(24-11-16-4-7-18(8-5-16)26-15(3)28)19-12-25-27(14(19)2)21-9-6-17(22)10-20(21)23/h4-10,12-13,24H,11H2,1-3H3,(H,26,28)/t13-/m1/s1. The van der Waals surface area contributed by atoms with Gasteiger partial charge in [0.1, 0.15) is 11.5 Å². The molecule has 3 aromatic rings. The minimum Gasteiger partial charge on any atom is -0.326 e. The number of amides is 1. The Balaban J connectivity index is 1.69. The molecule has 28 heavy (non-hydrogen) atoms. The first-order valence-corrected chi connectivity index (χ1v) is 8.95. The van der Waals surface area contributed by atoms with Gasteiger partial charge in [-0.2, -0.15) is 5.10 Å². The molecule has 0 spiro atoms. The lowest BCUT2D eigenvalue weighted by atomic mass is 10.1. The maximum atomic E-state index is 14.1. The van der Waals surface area contributed by atoms with Crippen LogP contribution in [0.2, 0.25) is 0 Å². The van der Waals surface area contributed by atoms with Gasteiger partial charge in [0.15, 0.2) is 5.82 Å². The molecule has 7 heteroatoms. The second kappa shape index (κ2) is 8.31. The van der Waals surface area contributed by atoms with Crippen molar-refractivity contribution in [3.05, 3.63) is 77.1 Å². The highest BCUT2D eigenvalue weighted by Gasteiger charge is 2.16. The molecule has 1 amide bonds. The number of carbonyl (C=O) groups excluding carboxylic acids is 1. The van der Waals surface area contributed by atoms with Crippen molar-refractivity contribution in [2.45, 2.75) is 33.4 Å². The number of carbonyl (C=O) groups is 1. The molecule has 0 saturated carbocycles. The number of anilines is 1. The summed E-state index contributed by atoms with van der Waals surface area (Å²) in [6.45, 7) is 5.95. The Bertz CT molecular complexity index is 983. The van der Waals surface area contributed by atoms with Gasteiger partial charge >= 0.3 is 0 Å². The average Bonchev–Trinajstić information content (AvgIpc) is 3.02. The lowest BCUT2D eigenvalue weighted by Crippen LogP contribution is -2.18. The highest BCUT2D eigenvalue weighted by Crippen LogP contribution is 2.22. The molecular formula is C21H22F2N4O. The second-order valence-corrected chi connectivity index (χ2v) is 6.67. The van der Waals surface area contributed by atoms with Crippen LogP contribution in [0.5, 0.6) is 0 Å². The van der Waals surface area contributed by atoms with Crippen LogP contribution in [0.25, 0.3) is 5.69 Å². The summed E-state index contributed by atoms with van der Waals surface area (Å²) < 4.78 is 28.7. The third-order valence-corrected chi connectivity index (χ3v) is 4.54. The van der Waals surface area contributed by atoms with E-state index in [0.717, 1.165) is 28.6 Å². The number of halogens is 2. The smallest absolute Gasteiger partial charge is 0.221 e. The lowest BCUT2D eigenvalue weighted by Gasteiger charge is -2.15. The zero-order chi connectivity index (χ0) is 20.3. The quantitative estimate of drug-likeness (QED) is 0.667. The Labute approximate surface area is 162 Å². The van der Waals surface area contributed by atoms with Crippen LogP contribution >= 0.6 is 0 Å². The Morgan fingerprint density at radius 3 is 2.54 bits per heavy atom. The van der Waals surface area contributed by atoms with Crippen molar-refractivity contribution in [3.8, 4) is 5.69 Å². The van der Waals surface area contributed by atoms with Crippen LogP contribution in [0.1, 0.15) is 36.7 Å². The molecule has 0 radical (unpaired) electrons. The van der Waals surface area contributed by atoms with Gasteiger partial charge in [0, 0.05) is 42.5 Å². The lowest BCUT2D eigenvalue weighted by molar-refractivity contribution is -0.114. The number of aromatic nitrogens is 2. The fraction of sp³-hybridized carbons (Fsp3) is 0.238. The number of nitrogens with zero attached hydrogens (tertiary/aromatic N) is 2. The molecule has 1 heterocycles. The SMILES string of the molecule is CC(=O)Nc1ccc(CN[C@H](C)c2cnn(-c3ccc(F)cc3F)c2C)cc1. The minimum absolute atomic E-state index is 0.0210. The van der Waals surface area contributed by atoms with Crippen molar-refractivity contribution >= 4 is 11.6 Å². The van der Waals surface area contributed by atoms with E-state index in [9.17, 15) is 13.6 Å². The van der Waals surface area contributed by atoms with Crippen molar-refractivity contribution in [2.24, 2.45) is 0 Å². The van der Waals surface area contributed by atoms with Gasteiger partial charge in [-0.3, -0.25) is 4.79 Å². The molecule has 5 nitrogen and oxygen atoms in total. The summed E-state index contributed by atoms with van der Waals surface area (Å²) >= 11 is 0. The number of hydrogen-bond donors (Lipinski definition) is 2. The molecule has 1 aromatic heterocycles. The van der Waals surface area contributed by atoms with Gasteiger partial charge in [-0.1, -0.05) is 12.1 Å². The van der Waals surface area contributed by atoms with Gasteiger partial charge in [-0.15, -0.1) is 0 Å². The number of nitrogens with one attached hydrogen (secondary N) is 2. The first kappa shape index (κ1) is 19.7. The molecule has 0 unspecified atom stereocenters. The van der Waals surface area contributed by atoms with E-state index in [-0.39, 0.29) is 17.6 Å². The van der Waals surface area contributed by atoms with E-state index in [1.807, 2.05) is 38.1 Å². The van der Waals surface area contributed by atoms with Gasteiger partial charge in [-0.25, -0.2) is 13.5 Å². The summed E-state index contributed by atoms with van der Waals surface area (Å²) in [6.07, 6.45) is 1.69. The fourth-order valence-electron chi connectivity index (χ4n) is 3.03. The van der Waals surface area contributed by atoms with Crippen LogP contribution in [-0.4, -0.2) is 15.7 Å². The first-order valence-electron chi connectivity index (χ1n) is 8.95. The summed E-state index contributed by atoms with van der Waals surface area (Å²) in [5.74, 6) is -1.38. The minimum atomic E-state index is -0.655. The highest BCUT2D eigenvalue weighted by atomic mass is 19.1. The second-order valence-electron chi connectivity index (χ2n) is 6.67. The molecule has 0 aliphatic carbocycles. The Kier molecular flexibility index (Phi) is 5.84. The summed E-state index contributed by atoms with van der Waals surface area (Å²) in [7, 11) is 0. The summed E-state index contributed by atoms with van der Waals surface area (Å²) in [4.78, 5) is 11.1. The highest BCUT2D eigenvalue weighted by molar-refractivity contribution is 5.88. The van der Waals surface area contributed by atoms with E-state index in [0.29, 0.717) is 6.54 Å². The molecule has 0 aliphatic rings. The number of hydrogen-bond acceptors (Lipinski definition) is 3. The van der Waals surface area contributed by atoms with Crippen molar-refractivity contribution < 1.29 is 13.6 Å². The molecule has 0 saturated heterocycles. The van der Waals surface area contributed by atoms with Crippen molar-refractivity contribution in [1.82, 2.24) is 15.1 Å². The Hall–Kier alpha value is -3.06. The zero-order valence-corrected chi connectivity index (χ0v) is 16.0. The van der Waals surface area contributed by atoms with Gasteiger partial charge in [0.05, 0.1) is 6.20 Å². The zero-order valence-electron chi connectivity index (χ0n) is 16.0. The molecule has 146 valence electrons. The number of benzene rings is 2. The van der Waals surface area contributed by atoms with Crippen molar-refractivity contribution in [2.75, 3.05) is 5.32 Å². The van der Waals surface area contributed by atoms with E-state index in [1.165, 1.54) is 23.7 Å². The van der Waals surface area contributed by atoms with E-state index in [4.69, 9.17) is 0 Å². The van der Waals surface area contributed by atoms with Gasteiger partial charge in [0.25, 0.3) is 0 Å². The van der Waals surface area contributed by atoms with Crippen LogP contribution in [0.4, 0.5) is 14.5 Å². The maximum Gasteiger partial charge on any atom is 0.221 e. The molecule has 1 atom stereocenters. The first-order chi connectivity index (χ1) is 13.3. The van der Waals surface area contributed by atoms with Crippen LogP contribution in [-0.2, 0) is 11.3 Å². The number of rotatable bonds is 6. The molecule has 0 aliphatic heterocycles. The molecule has 2 N–H and O–H groups in total. The van der Waals surface area contributed by atoms with Gasteiger partial charge < -0.3 is 10.6 Å². The average molecular weight is 384 g/mol. The largest absolute Gasteiger partial charge is 0.326 e. The van der Waals surface area contributed by atoms with Gasteiger partial charge in [-0.05, 0) is 43.7 Å². The van der Waals surface area contributed by atoms with Crippen LogP contribution in [0.15, 0.2) is 48.7 Å². The topological polar surface area (TPSA) is 59.0 Å². The molecule has 0 bridgehead atoms. The van der Waals surface area contributed by atoms with Crippen LogP contribution in [0.3, 0.4) is 0 Å². The fourth-order valence-corrected chi connectivity index (χ4v) is 3.03. The van der Waals surface area contributed by atoms with Gasteiger partial charge in [0.2, 0.25) is 5.91 Å². The Morgan fingerprint density at radius 2 is 1.89 bits per heavy atom. The summed E-state index contributed by atoms with van der Waals surface area (Å²) in [5, 5.41) is 10.4. The van der Waals surface area contributed by atoms with Crippen molar-refractivity contribution in [3.63, 3.8) is 0 Å². The molecular weight excluding hydrogens is 362 g/mol. The molecule has 3 rings (SSSR count). The normalized spacial score (nSPS) is 12.0. The third-order valence-electron chi connectivity index (χ3n) is 4.54. The third kappa shape index (κ3) is 4.43. The molecule has 2 aromatic carbocycles. The molecule has 0 fully saturated rings. The van der Waals surface area contributed by atoms with Crippen LogP contribution < -0.4 is 10.6 Å². The Morgan fingerprint density at radius 1 is 1.18 bits per heavy atom. The van der Waals surface area contributed by atoms with Crippen molar-refractivity contribution in [1.29, 1.82) is 0 Å². The van der Waals surface area contributed by atoms with E-state index in [1.54, 1.807) is 6.20 Å². The monoisotopic (exact) mass is 384 g/mol. The van der Waals surface area contributed by atoms with Crippen LogP contribution in [0, 0.1) is 18.6 Å². The predicted octanol–water partition coefficient (Wildman–Crippen LogP) is 4.27. The maximum absolute atomic E-state index is 14.1. The van der Waals surface area contributed by atoms with E-state index in [2.05, 4.69) is 15.7 Å². The van der Waals surface area contributed by atoms with E-state index < -0.39 is 11.6 Å².